The average molecular weight is 322 g/mol. The number of carbonyl (C=O) groups excluding carboxylic acids is 1. The Labute approximate surface area is 134 Å². The zero-order valence-corrected chi connectivity index (χ0v) is 13.6. The van der Waals surface area contributed by atoms with Gasteiger partial charge in [0.15, 0.2) is 5.65 Å². The van der Waals surface area contributed by atoms with Gasteiger partial charge in [0.25, 0.3) is 5.91 Å². The number of carbonyl (C=O) groups is 1. The van der Waals surface area contributed by atoms with Gasteiger partial charge in [-0.25, -0.2) is 9.50 Å². The van der Waals surface area contributed by atoms with Crippen molar-refractivity contribution in [2.45, 2.75) is 13.8 Å². The third kappa shape index (κ3) is 3.23. The fraction of sp³-hybridized carbons (Fsp3) is 0.533. The maximum Gasteiger partial charge on any atom is 0.274 e. The highest BCUT2D eigenvalue weighted by Crippen LogP contribution is 2.12. The molecule has 0 saturated carbocycles. The molecule has 1 fully saturated rings. The van der Waals surface area contributed by atoms with Crippen LogP contribution < -0.4 is 0 Å². The number of hydrogen-bond acceptors (Lipinski definition) is 4. The van der Waals surface area contributed by atoms with Crippen LogP contribution in [0.1, 0.15) is 24.3 Å². The van der Waals surface area contributed by atoms with Gasteiger partial charge in [-0.15, -0.1) is 0 Å². The lowest BCUT2D eigenvalue weighted by molar-refractivity contribution is 0.0618. The molecule has 0 radical (unpaired) electrons. The van der Waals surface area contributed by atoms with Gasteiger partial charge in [-0.2, -0.15) is 5.10 Å². The third-order valence-electron chi connectivity index (χ3n) is 3.79. The second-order valence-electron chi connectivity index (χ2n) is 6.07. The van der Waals surface area contributed by atoms with E-state index in [1.807, 2.05) is 4.90 Å². The second kappa shape index (κ2) is 6.22. The third-order valence-corrected chi connectivity index (χ3v) is 3.99. The molecule has 118 valence electrons. The van der Waals surface area contributed by atoms with E-state index in [-0.39, 0.29) is 5.91 Å². The maximum absolute atomic E-state index is 12.6. The molecular weight excluding hydrogens is 302 g/mol. The van der Waals surface area contributed by atoms with E-state index in [1.165, 1.54) is 0 Å². The molecule has 1 amide bonds. The molecule has 1 aliphatic rings. The van der Waals surface area contributed by atoms with Gasteiger partial charge < -0.3 is 4.90 Å². The Balaban J connectivity index is 1.68. The Hall–Kier alpha value is -1.66. The first kappa shape index (κ1) is 15.2. The van der Waals surface area contributed by atoms with Gasteiger partial charge in [0.05, 0.1) is 6.20 Å². The van der Waals surface area contributed by atoms with Crippen LogP contribution in [0.15, 0.2) is 18.3 Å². The van der Waals surface area contributed by atoms with Crippen LogP contribution >= 0.6 is 11.6 Å². The molecule has 0 spiro atoms. The number of nitrogens with zero attached hydrogens (tertiary/aromatic N) is 5. The molecular formula is C15H20ClN5O. The lowest BCUT2D eigenvalue weighted by atomic mass is 10.2. The van der Waals surface area contributed by atoms with Crippen LogP contribution in [0, 0.1) is 5.92 Å². The van der Waals surface area contributed by atoms with E-state index in [2.05, 4.69) is 28.8 Å². The van der Waals surface area contributed by atoms with Crippen LogP contribution in [-0.4, -0.2) is 63.0 Å². The molecule has 0 N–H and O–H groups in total. The minimum atomic E-state index is -0.0363. The molecule has 1 saturated heterocycles. The van der Waals surface area contributed by atoms with Crippen molar-refractivity contribution in [1.82, 2.24) is 24.4 Å². The van der Waals surface area contributed by atoms with E-state index in [4.69, 9.17) is 11.6 Å². The van der Waals surface area contributed by atoms with E-state index in [1.54, 1.807) is 22.8 Å². The number of imidazole rings is 1. The number of aromatic nitrogens is 3. The van der Waals surface area contributed by atoms with Gasteiger partial charge in [0, 0.05) is 32.7 Å². The van der Waals surface area contributed by atoms with Crippen molar-refractivity contribution in [2.75, 3.05) is 32.7 Å². The molecule has 0 aromatic carbocycles. The van der Waals surface area contributed by atoms with Crippen molar-refractivity contribution in [2.24, 2.45) is 5.92 Å². The number of amides is 1. The summed E-state index contributed by atoms with van der Waals surface area (Å²) in [4.78, 5) is 21.2. The number of halogens is 1. The molecule has 3 rings (SSSR count). The van der Waals surface area contributed by atoms with Gasteiger partial charge in [0.1, 0.15) is 10.8 Å². The fourth-order valence-corrected chi connectivity index (χ4v) is 2.92. The van der Waals surface area contributed by atoms with E-state index < -0.39 is 0 Å². The largest absolute Gasteiger partial charge is 0.335 e. The van der Waals surface area contributed by atoms with Gasteiger partial charge in [-0.1, -0.05) is 25.4 Å². The van der Waals surface area contributed by atoms with Crippen molar-refractivity contribution in [3.05, 3.63) is 29.2 Å². The number of fused-ring (bicyclic) bond motifs is 1. The number of piperazine rings is 1. The summed E-state index contributed by atoms with van der Waals surface area (Å²) in [7, 11) is 0. The normalized spacial score (nSPS) is 16.6. The highest BCUT2D eigenvalue weighted by molar-refractivity contribution is 6.29. The zero-order chi connectivity index (χ0) is 15.7. The Morgan fingerprint density at radius 2 is 2.00 bits per heavy atom. The van der Waals surface area contributed by atoms with Crippen molar-refractivity contribution >= 4 is 23.2 Å². The van der Waals surface area contributed by atoms with Crippen molar-refractivity contribution in [1.29, 1.82) is 0 Å². The lowest BCUT2D eigenvalue weighted by Crippen LogP contribution is -2.49. The van der Waals surface area contributed by atoms with Crippen LogP contribution in [-0.2, 0) is 0 Å². The highest BCUT2D eigenvalue weighted by Gasteiger charge is 2.24. The Morgan fingerprint density at radius 1 is 1.27 bits per heavy atom. The fourth-order valence-electron chi connectivity index (χ4n) is 2.77. The summed E-state index contributed by atoms with van der Waals surface area (Å²) in [6, 6.07) is 3.43. The predicted octanol–water partition coefficient (Wildman–Crippen LogP) is 1.80. The Morgan fingerprint density at radius 3 is 2.68 bits per heavy atom. The minimum Gasteiger partial charge on any atom is -0.335 e. The number of hydrogen-bond donors (Lipinski definition) is 0. The quantitative estimate of drug-likeness (QED) is 0.865. The van der Waals surface area contributed by atoms with Crippen LogP contribution in [0.4, 0.5) is 0 Å². The van der Waals surface area contributed by atoms with E-state index in [9.17, 15) is 4.79 Å². The maximum atomic E-state index is 12.6. The summed E-state index contributed by atoms with van der Waals surface area (Å²) in [5, 5.41) is 4.49. The molecule has 0 aliphatic carbocycles. The van der Waals surface area contributed by atoms with Crippen molar-refractivity contribution in [3.8, 4) is 0 Å². The molecule has 3 heterocycles. The van der Waals surface area contributed by atoms with Gasteiger partial charge in [-0.3, -0.25) is 9.69 Å². The summed E-state index contributed by atoms with van der Waals surface area (Å²) >= 11 is 5.85. The lowest BCUT2D eigenvalue weighted by Gasteiger charge is -2.35. The molecule has 0 unspecified atom stereocenters. The summed E-state index contributed by atoms with van der Waals surface area (Å²) in [6.07, 6.45) is 1.64. The molecule has 1 aliphatic heterocycles. The topological polar surface area (TPSA) is 53.7 Å². The van der Waals surface area contributed by atoms with Gasteiger partial charge in [0.2, 0.25) is 0 Å². The van der Waals surface area contributed by atoms with E-state index in [0.717, 1.165) is 32.7 Å². The average Bonchev–Trinajstić information content (AvgIpc) is 2.89. The van der Waals surface area contributed by atoms with Crippen LogP contribution in [0.5, 0.6) is 0 Å². The Bertz CT molecular complexity index is 676. The second-order valence-corrected chi connectivity index (χ2v) is 6.46. The molecule has 7 heteroatoms. The monoisotopic (exact) mass is 321 g/mol. The minimum absolute atomic E-state index is 0.0363. The summed E-state index contributed by atoms with van der Waals surface area (Å²) in [6.45, 7) is 8.83. The smallest absolute Gasteiger partial charge is 0.274 e. The van der Waals surface area contributed by atoms with E-state index in [0.29, 0.717) is 22.4 Å². The molecule has 6 nitrogen and oxygen atoms in total. The SMILES string of the molecule is CC(C)CN1CCN(C(=O)c2cn3nc(Cl)ccc3n2)CC1. The first-order valence-corrected chi connectivity index (χ1v) is 7.94. The predicted molar refractivity (Wildman–Crippen MR) is 85.2 cm³/mol. The van der Waals surface area contributed by atoms with Crippen LogP contribution in [0.25, 0.3) is 5.65 Å². The molecule has 0 bridgehead atoms. The first-order chi connectivity index (χ1) is 10.5. The van der Waals surface area contributed by atoms with Gasteiger partial charge >= 0.3 is 0 Å². The van der Waals surface area contributed by atoms with Crippen LogP contribution in [0.3, 0.4) is 0 Å². The molecule has 2 aromatic heterocycles. The summed E-state index contributed by atoms with van der Waals surface area (Å²) < 4.78 is 1.55. The Kier molecular flexibility index (Phi) is 4.31. The van der Waals surface area contributed by atoms with E-state index >= 15 is 0 Å². The first-order valence-electron chi connectivity index (χ1n) is 7.56. The van der Waals surface area contributed by atoms with Crippen molar-refractivity contribution in [3.63, 3.8) is 0 Å². The van der Waals surface area contributed by atoms with Crippen LogP contribution in [0.2, 0.25) is 5.15 Å². The highest BCUT2D eigenvalue weighted by atomic mass is 35.5. The standard InChI is InChI=1S/C15H20ClN5O/c1-11(2)9-19-5-7-20(8-6-19)15(22)12-10-21-14(17-12)4-3-13(16)18-21/h3-4,10-11H,5-9H2,1-2H3. The summed E-state index contributed by atoms with van der Waals surface area (Å²) in [5.74, 6) is 0.613. The van der Waals surface area contributed by atoms with Crippen molar-refractivity contribution < 1.29 is 4.79 Å². The molecule has 22 heavy (non-hydrogen) atoms. The molecule has 2 aromatic rings. The molecule has 0 atom stereocenters. The summed E-state index contributed by atoms with van der Waals surface area (Å²) in [5.41, 5.74) is 1.05. The van der Waals surface area contributed by atoms with Gasteiger partial charge in [-0.05, 0) is 18.1 Å². The zero-order valence-electron chi connectivity index (χ0n) is 12.9. The number of rotatable bonds is 3.